The van der Waals surface area contributed by atoms with E-state index in [1.54, 1.807) is 0 Å². The zero-order chi connectivity index (χ0) is 15.9. The maximum absolute atomic E-state index is 13.4. The number of rotatable bonds is 2. The van der Waals surface area contributed by atoms with E-state index >= 15 is 0 Å². The molecule has 2 aromatic rings. The van der Waals surface area contributed by atoms with Crippen LogP contribution >= 0.6 is 23.4 Å². The van der Waals surface area contributed by atoms with Crippen LogP contribution in [-0.2, 0) is 4.79 Å². The van der Waals surface area contributed by atoms with Crippen LogP contribution < -0.4 is 4.90 Å². The highest BCUT2D eigenvalue weighted by molar-refractivity contribution is 8.00. The quantitative estimate of drug-likeness (QED) is 0.894. The average Bonchev–Trinajstić information content (AvgIpc) is 2.86. The molecule has 7 heteroatoms. The molecule has 1 fully saturated rings. The van der Waals surface area contributed by atoms with E-state index in [0.717, 1.165) is 12.1 Å². The van der Waals surface area contributed by atoms with Crippen LogP contribution in [0, 0.1) is 11.6 Å². The van der Waals surface area contributed by atoms with E-state index in [0.29, 0.717) is 10.6 Å². The molecule has 1 heterocycles. The van der Waals surface area contributed by atoms with Gasteiger partial charge in [-0.3, -0.25) is 9.69 Å². The molecule has 3 nitrogen and oxygen atoms in total. The molecule has 114 valence electrons. The summed E-state index contributed by atoms with van der Waals surface area (Å²) < 4.78 is 26.5. The van der Waals surface area contributed by atoms with Crippen molar-refractivity contribution >= 4 is 35.0 Å². The Labute approximate surface area is 134 Å². The van der Waals surface area contributed by atoms with Crippen LogP contribution in [0.25, 0.3) is 0 Å². The number of phenols is 1. The molecule has 2 aromatic carbocycles. The Morgan fingerprint density at radius 2 is 1.95 bits per heavy atom. The van der Waals surface area contributed by atoms with Gasteiger partial charge in [0.05, 0.1) is 11.4 Å². The fourth-order valence-corrected chi connectivity index (χ4v) is 3.61. The molecule has 1 aliphatic heterocycles. The first-order chi connectivity index (χ1) is 10.5. The van der Waals surface area contributed by atoms with Gasteiger partial charge in [0, 0.05) is 5.02 Å². The van der Waals surface area contributed by atoms with Gasteiger partial charge < -0.3 is 5.11 Å². The number of nitrogens with zero attached hydrogens (tertiary/aromatic N) is 1. The van der Waals surface area contributed by atoms with Crippen molar-refractivity contribution in [2.24, 2.45) is 0 Å². The molecule has 0 aromatic heterocycles. The van der Waals surface area contributed by atoms with Gasteiger partial charge in [0.15, 0.2) is 11.6 Å². The van der Waals surface area contributed by atoms with E-state index in [2.05, 4.69) is 0 Å². The largest absolute Gasteiger partial charge is 0.506 e. The fraction of sp³-hybridized carbons (Fsp3) is 0.133. The predicted octanol–water partition coefficient (Wildman–Crippen LogP) is 4.10. The first-order valence-corrected chi connectivity index (χ1v) is 7.77. The molecule has 0 radical (unpaired) electrons. The monoisotopic (exact) mass is 341 g/mol. The van der Waals surface area contributed by atoms with E-state index in [1.165, 1.54) is 40.9 Å². The minimum atomic E-state index is -0.979. The summed E-state index contributed by atoms with van der Waals surface area (Å²) in [5.41, 5.74) is 0.686. The van der Waals surface area contributed by atoms with Crippen molar-refractivity contribution in [2.45, 2.75) is 5.37 Å². The lowest BCUT2D eigenvalue weighted by Crippen LogP contribution is -2.28. The highest BCUT2D eigenvalue weighted by Gasteiger charge is 2.35. The number of carbonyl (C=O) groups excluding carboxylic acids is 1. The predicted molar refractivity (Wildman–Crippen MR) is 82.2 cm³/mol. The van der Waals surface area contributed by atoms with Crippen LogP contribution in [0.5, 0.6) is 5.75 Å². The summed E-state index contributed by atoms with van der Waals surface area (Å²) in [7, 11) is 0. The van der Waals surface area contributed by atoms with Crippen molar-refractivity contribution in [2.75, 3.05) is 10.7 Å². The SMILES string of the molecule is O=C1CSC(c2ccc(F)c(F)c2)N1c1cc(Cl)ccc1O. The first-order valence-electron chi connectivity index (χ1n) is 6.34. The van der Waals surface area contributed by atoms with E-state index in [1.807, 2.05) is 0 Å². The summed E-state index contributed by atoms with van der Waals surface area (Å²) in [6.07, 6.45) is 0. The zero-order valence-corrected chi connectivity index (χ0v) is 12.7. The summed E-state index contributed by atoms with van der Waals surface area (Å²) in [6, 6.07) is 7.85. The second-order valence-corrected chi connectivity index (χ2v) is 6.24. The maximum Gasteiger partial charge on any atom is 0.238 e. The third-order valence-corrected chi connectivity index (χ3v) is 4.74. The van der Waals surface area contributed by atoms with Crippen LogP contribution in [0.4, 0.5) is 14.5 Å². The van der Waals surface area contributed by atoms with Gasteiger partial charge in [-0.2, -0.15) is 0 Å². The molecule has 0 aliphatic carbocycles. The van der Waals surface area contributed by atoms with Crippen molar-refractivity contribution in [1.29, 1.82) is 0 Å². The molecule has 22 heavy (non-hydrogen) atoms. The number of aromatic hydroxyl groups is 1. The highest BCUT2D eigenvalue weighted by atomic mass is 35.5. The third-order valence-electron chi connectivity index (χ3n) is 3.29. The van der Waals surface area contributed by atoms with Crippen molar-refractivity contribution in [3.63, 3.8) is 0 Å². The van der Waals surface area contributed by atoms with Crippen molar-refractivity contribution in [3.8, 4) is 5.75 Å². The van der Waals surface area contributed by atoms with E-state index in [4.69, 9.17) is 11.6 Å². The number of hydrogen-bond donors (Lipinski definition) is 1. The Bertz CT molecular complexity index is 756. The van der Waals surface area contributed by atoms with Gasteiger partial charge >= 0.3 is 0 Å². The molecule has 1 N–H and O–H groups in total. The van der Waals surface area contributed by atoms with Crippen LogP contribution in [0.3, 0.4) is 0 Å². The number of thioether (sulfide) groups is 1. The number of anilines is 1. The summed E-state index contributed by atoms with van der Waals surface area (Å²) in [5, 5.41) is 9.79. The van der Waals surface area contributed by atoms with Gasteiger partial charge in [0.2, 0.25) is 5.91 Å². The summed E-state index contributed by atoms with van der Waals surface area (Å²) in [4.78, 5) is 13.5. The van der Waals surface area contributed by atoms with Gasteiger partial charge in [-0.15, -0.1) is 11.8 Å². The smallest absolute Gasteiger partial charge is 0.238 e. The molecule has 0 saturated carbocycles. The number of halogens is 3. The van der Waals surface area contributed by atoms with Crippen molar-refractivity contribution in [1.82, 2.24) is 0 Å². The summed E-state index contributed by atoms with van der Waals surface area (Å²) in [6.45, 7) is 0. The Kier molecular flexibility index (Phi) is 3.97. The summed E-state index contributed by atoms with van der Waals surface area (Å²) >= 11 is 7.19. The van der Waals surface area contributed by atoms with Crippen LogP contribution in [-0.4, -0.2) is 16.8 Å². The normalized spacial score (nSPS) is 18.0. The lowest BCUT2D eigenvalue weighted by molar-refractivity contribution is -0.115. The number of phenolic OH excluding ortho intramolecular Hbond substituents is 1. The molecule has 0 spiro atoms. The number of carbonyl (C=O) groups is 1. The van der Waals surface area contributed by atoms with Crippen molar-refractivity contribution < 1.29 is 18.7 Å². The average molecular weight is 342 g/mol. The molecule has 1 atom stereocenters. The van der Waals surface area contributed by atoms with E-state index in [9.17, 15) is 18.7 Å². The Morgan fingerprint density at radius 1 is 1.18 bits per heavy atom. The van der Waals surface area contributed by atoms with Crippen molar-refractivity contribution in [3.05, 3.63) is 58.6 Å². The Balaban J connectivity index is 2.05. The Hall–Kier alpha value is -1.79. The lowest BCUT2D eigenvalue weighted by Gasteiger charge is -2.25. The van der Waals surface area contributed by atoms with Crippen LogP contribution in [0.15, 0.2) is 36.4 Å². The van der Waals surface area contributed by atoms with Gasteiger partial charge in [0.25, 0.3) is 0 Å². The maximum atomic E-state index is 13.4. The second kappa shape index (κ2) is 5.78. The molecule has 1 saturated heterocycles. The topological polar surface area (TPSA) is 40.5 Å². The lowest BCUT2D eigenvalue weighted by atomic mass is 10.1. The first kappa shape index (κ1) is 15.1. The third kappa shape index (κ3) is 2.64. The standard InChI is InChI=1S/C15H10ClF2NO2S/c16-9-2-4-13(20)12(6-9)19-14(21)7-22-15(19)8-1-3-10(17)11(18)5-8/h1-6,15,20H,7H2. The fourth-order valence-electron chi connectivity index (χ4n) is 2.29. The van der Waals surface area contributed by atoms with Gasteiger partial charge in [-0.25, -0.2) is 8.78 Å². The Morgan fingerprint density at radius 3 is 2.68 bits per heavy atom. The molecule has 1 amide bonds. The van der Waals surface area contributed by atoms with Crippen LogP contribution in [0.2, 0.25) is 5.02 Å². The highest BCUT2D eigenvalue weighted by Crippen LogP contribution is 2.45. The number of benzene rings is 2. The molecular formula is C15H10ClF2NO2S. The second-order valence-electron chi connectivity index (χ2n) is 4.73. The van der Waals surface area contributed by atoms with E-state index in [-0.39, 0.29) is 23.1 Å². The van der Waals surface area contributed by atoms with E-state index < -0.39 is 17.0 Å². The van der Waals surface area contributed by atoms with Gasteiger partial charge in [-0.05, 0) is 35.9 Å². The molecule has 0 bridgehead atoms. The number of amides is 1. The van der Waals surface area contributed by atoms with Gasteiger partial charge in [-0.1, -0.05) is 17.7 Å². The molecular weight excluding hydrogens is 332 g/mol. The molecule has 1 unspecified atom stereocenters. The minimum Gasteiger partial charge on any atom is -0.506 e. The van der Waals surface area contributed by atoms with Gasteiger partial charge in [0.1, 0.15) is 11.1 Å². The molecule has 1 aliphatic rings. The number of hydrogen-bond acceptors (Lipinski definition) is 3. The minimum absolute atomic E-state index is 0.104. The molecule has 3 rings (SSSR count). The summed E-state index contributed by atoms with van der Waals surface area (Å²) in [5.74, 6) is -2.09. The van der Waals surface area contributed by atoms with Crippen LogP contribution in [0.1, 0.15) is 10.9 Å². The zero-order valence-electron chi connectivity index (χ0n) is 11.1.